The summed E-state index contributed by atoms with van der Waals surface area (Å²) in [4.78, 5) is 12.0. The molecule has 0 bridgehead atoms. The van der Waals surface area contributed by atoms with Gasteiger partial charge in [0.25, 0.3) is 0 Å². The number of carbonyl (C=O) groups is 1. The van der Waals surface area contributed by atoms with Crippen LogP contribution in [-0.2, 0) is 6.42 Å². The molecule has 86 valence electrons. The maximum atomic E-state index is 12.0. The molecule has 0 aliphatic rings. The summed E-state index contributed by atoms with van der Waals surface area (Å²) in [7, 11) is 0. The van der Waals surface area contributed by atoms with Gasteiger partial charge in [0.2, 0.25) is 0 Å². The average molecular weight is 310 g/mol. The van der Waals surface area contributed by atoms with Gasteiger partial charge in [-0.25, -0.2) is 0 Å². The third-order valence-electron chi connectivity index (χ3n) is 2.39. The van der Waals surface area contributed by atoms with Crippen LogP contribution in [0.3, 0.4) is 0 Å². The molecule has 0 spiro atoms. The lowest BCUT2D eigenvalue weighted by Gasteiger charge is -2.03. The number of ketones is 1. The fraction of sp³-hybridized carbons (Fsp3) is 0.0714. The SMILES string of the molecule is O=C(Cc1ccccc1)c1cc(Cl)cc(Br)c1. The molecule has 0 aliphatic heterocycles. The number of hydrogen-bond donors (Lipinski definition) is 0. The average Bonchev–Trinajstić information content (AvgIpc) is 2.29. The van der Waals surface area contributed by atoms with Crippen LogP contribution >= 0.6 is 27.5 Å². The fourth-order valence-electron chi connectivity index (χ4n) is 1.60. The number of hydrogen-bond acceptors (Lipinski definition) is 1. The highest BCUT2D eigenvalue weighted by Crippen LogP contribution is 2.20. The van der Waals surface area contributed by atoms with Crippen molar-refractivity contribution in [1.29, 1.82) is 0 Å². The summed E-state index contributed by atoms with van der Waals surface area (Å²) in [5.41, 5.74) is 1.64. The first kappa shape index (κ1) is 12.3. The van der Waals surface area contributed by atoms with E-state index in [1.807, 2.05) is 30.3 Å². The van der Waals surface area contributed by atoms with E-state index >= 15 is 0 Å². The van der Waals surface area contributed by atoms with E-state index in [4.69, 9.17) is 11.6 Å². The minimum atomic E-state index is 0.0689. The number of benzene rings is 2. The van der Waals surface area contributed by atoms with E-state index in [-0.39, 0.29) is 5.78 Å². The summed E-state index contributed by atoms with van der Waals surface area (Å²) < 4.78 is 0.821. The first-order chi connectivity index (χ1) is 8.15. The molecule has 0 N–H and O–H groups in total. The number of Topliss-reactive ketones (excluding diaryl/α,β-unsaturated/α-hetero) is 1. The zero-order valence-corrected chi connectivity index (χ0v) is 11.3. The highest BCUT2D eigenvalue weighted by atomic mass is 79.9. The Balaban J connectivity index is 2.20. The van der Waals surface area contributed by atoms with Gasteiger partial charge in [-0.2, -0.15) is 0 Å². The molecule has 0 radical (unpaired) electrons. The van der Waals surface area contributed by atoms with Crippen LogP contribution in [0.2, 0.25) is 5.02 Å². The van der Waals surface area contributed by atoms with Crippen LogP contribution in [0.4, 0.5) is 0 Å². The van der Waals surface area contributed by atoms with Crippen molar-refractivity contribution in [2.45, 2.75) is 6.42 Å². The molecule has 0 fully saturated rings. The highest BCUT2D eigenvalue weighted by Gasteiger charge is 2.08. The number of halogens is 2. The zero-order valence-electron chi connectivity index (χ0n) is 8.99. The molecule has 2 rings (SSSR count). The highest BCUT2D eigenvalue weighted by molar-refractivity contribution is 9.10. The fourth-order valence-corrected chi connectivity index (χ4v) is 2.46. The Labute approximate surface area is 114 Å². The van der Waals surface area contributed by atoms with Crippen molar-refractivity contribution in [3.8, 4) is 0 Å². The van der Waals surface area contributed by atoms with E-state index in [0.717, 1.165) is 10.0 Å². The number of carbonyl (C=O) groups excluding carboxylic acids is 1. The second kappa shape index (κ2) is 5.48. The molecule has 0 amide bonds. The molecule has 0 aromatic heterocycles. The Hall–Kier alpha value is -1.12. The first-order valence-electron chi connectivity index (χ1n) is 5.18. The predicted molar refractivity (Wildman–Crippen MR) is 73.6 cm³/mol. The molecule has 0 heterocycles. The van der Waals surface area contributed by atoms with Gasteiger partial charge in [0.05, 0.1) is 0 Å². The lowest BCUT2D eigenvalue weighted by molar-refractivity contribution is 0.0993. The molecule has 0 saturated carbocycles. The minimum absolute atomic E-state index is 0.0689. The van der Waals surface area contributed by atoms with Gasteiger partial charge in [-0.05, 0) is 23.8 Å². The molecule has 3 heteroatoms. The first-order valence-corrected chi connectivity index (χ1v) is 6.35. The maximum Gasteiger partial charge on any atom is 0.167 e. The summed E-state index contributed by atoms with van der Waals surface area (Å²) in [6.45, 7) is 0. The van der Waals surface area contributed by atoms with Crippen molar-refractivity contribution in [3.63, 3.8) is 0 Å². The van der Waals surface area contributed by atoms with Crippen LogP contribution in [0.25, 0.3) is 0 Å². The Morgan fingerprint density at radius 1 is 1.12 bits per heavy atom. The van der Waals surface area contributed by atoms with Crippen LogP contribution in [0.15, 0.2) is 53.0 Å². The lowest BCUT2D eigenvalue weighted by Crippen LogP contribution is -2.03. The monoisotopic (exact) mass is 308 g/mol. The molecular formula is C14H10BrClO. The van der Waals surface area contributed by atoms with Gasteiger partial charge in [0, 0.05) is 21.5 Å². The second-order valence-electron chi connectivity index (χ2n) is 3.74. The van der Waals surface area contributed by atoms with Crippen LogP contribution in [0.1, 0.15) is 15.9 Å². The smallest absolute Gasteiger partial charge is 0.167 e. The van der Waals surface area contributed by atoms with Gasteiger partial charge in [0.1, 0.15) is 0 Å². The quantitative estimate of drug-likeness (QED) is 0.761. The van der Waals surface area contributed by atoms with Crippen molar-refractivity contribution in [2.75, 3.05) is 0 Å². The summed E-state index contributed by atoms with van der Waals surface area (Å²) in [6.07, 6.45) is 0.396. The molecule has 17 heavy (non-hydrogen) atoms. The second-order valence-corrected chi connectivity index (χ2v) is 5.10. The van der Waals surface area contributed by atoms with Gasteiger partial charge >= 0.3 is 0 Å². The van der Waals surface area contributed by atoms with Crippen LogP contribution in [0, 0.1) is 0 Å². The third-order valence-corrected chi connectivity index (χ3v) is 3.07. The largest absolute Gasteiger partial charge is 0.294 e. The van der Waals surface area contributed by atoms with Crippen molar-refractivity contribution in [1.82, 2.24) is 0 Å². The van der Waals surface area contributed by atoms with Crippen molar-refractivity contribution >= 4 is 33.3 Å². The summed E-state index contributed by atoms with van der Waals surface area (Å²) in [5.74, 6) is 0.0689. The topological polar surface area (TPSA) is 17.1 Å². The standard InChI is InChI=1S/C14H10BrClO/c15-12-7-11(8-13(16)9-12)14(17)6-10-4-2-1-3-5-10/h1-5,7-9H,6H2. The van der Waals surface area contributed by atoms with Crippen LogP contribution in [-0.4, -0.2) is 5.78 Å². The molecular weight excluding hydrogens is 300 g/mol. The molecule has 0 aliphatic carbocycles. The van der Waals surface area contributed by atoms with Gasteiger partial charge in [-0.1, -0.05) is 57.9 Å². The Morgan fingerprint density at radius 3 is 2.47 bits per heavy atom. The summed E-state index contributed by atoms with van der Waals surface area (Å²) >= 11 is 9.24. The summed E-state index contributed by atoms with van der Waals surface area (Å²) in [5, 5.41) is 0.566. The van der Waals surface area contributed by atoms with Crippen LogP contribution < -0.4 is 0 Å². The Morgan fingerprint density at radius 2 is 1.82 bits per heavy atom. The zero-order chi connectivity index (χ0) is 12.3. The molecule has 2 aromatic rings. The predicted octanol–water partition coefficient (Wildman–Crippen LogP) is 4.53. The van der Waals surface area contributed by atoms with Gasteiger partial charge in [-0.15, -0.1) is 0 Å². The third kappa shape index (κ3) is 3.42. The van der Waals surface area contributed by atoms with Gasteiger partial charge in [-0.3, -0.25) is 4.79 Å². The van der Waals surface area contributed by atoms with E-state index in [1.54, 1.807) is 18.2 Å². The van der Waals surface area contributed by atoms with E-state index in [0.29, 0.717) is 17.0 Å². The van der Waals surface area contributed by atoms with Gasteiger partial charge in [0.15, 0.2) is 5.78 Å². The Bertz CT molecular complexity index is 517. The Kier molecular flexibility index (Phi) is 3.97. The minimum Gasteiger partial charge on any atom is -0.294 e. The molecule has 0 atom stereocenters. The molecule has 0 saturated heterocycles. The van der Waals surface area contributed by atoms with E-state index in [9.17, 15) is 4.79 Å². The van der Waals surface area contributed by atoms with Crippen molar-refractivity contribution < 1.29 is 4.79 Å². The maximum absolute atomic E-state index is 12.0. The van der Waals surface area contributed by atoms with E-state index < -0.39 is 0 Å². The molecule has 2 aromatic carbocycles. The number of rotatable bonds is 3. The van der Waals surface area contributed by atoms with E-state index in [2.05, 4.69) is 15.9 Å². The van der Waals surface area contributed by atoms with Crippen molar-refractivity contribution in [3.05, 3.63) is 69.2 Å². The molecule has 1 nitrogen and oxygen atoms in total. The molecule has 0 unspecified atom stereocenters. The van der Waals surface area contributed by atoms with E-state index in [1.165, 1.54) is 0 Å². The summed E-state index contributed by atoms with van der Waals surface area (Å²) in [6, 6.07) is 14.9. The lowest BCUT2D eigenvalue weighted by atomic mass is 10.0. The normalized spacial score (nSPS) is 10.2. The van der Waals surface area contributed by atoms with Crippen molar-refractivity contribution in [2.24, 2.45) is 0 Å². The van der Waals surface area contributed by atoms with Gasteiger partial charge < -0.3 is 0 Å². The van der Waals surface area contributed by atoms with Crippen LogP contribution in [0.5, 0.6) is 0 Å².